The predicted molar refractivity (Wildman–Crippen MR) is 81.0 cm³/mol. The van der Waals surface area contributed by atoms with Crippen LogP contribution in [0.1, 0.15) is 47.2 Å². The molecule has 3 heteroatoms. The Labute approximate surface area is 121 Å². The second-order valence-corrected chi connectivity index (χ2v) is 6.28. The van der Waals surface area contributed by atoms with E-state index < -0.39 is 0 Å². The van der Waals surface area contributed by atoms with E-state index in [1.54, 1.807) is 0 Å². The summed E-state index contributed by atoms with van der Waals surface area (Å²) in [5.41, 5.74) is 3.29. The third-order valence-corrected chi connectivity index (χ3v) is 4.58. The first-order valence-corrected chi connectivity index (χ1v) is 7.77. The Hall–Kier alpha value is -1.35. The number of carbonyl (C=O) groups excluding carboxylic acids is 1. The molecule has 20 heavy (non-hydrogen) atoms. The summed E-state index contributed by atoms with van der Waals surface area (Å²) in [6.45, 7) is 6.13. The lowest BCUT2D eigenvalue weighted by Crippen LogP contribution is -2.42. The molecule has 1 aromatic rings. The molecule has 1 N–H and O–H groups in total. The molecule has 2 fully saturated rings. The van der Waals surface area contributed by atoms with Crippen LogP contribution in [0.2, 0.25) is 0 Å². The van der Waals surface area contributed by atoms with Crippen LogP contribution in [-0.2, 0) is 0 Å². The highest BCUT2D eigenvalue weighted by molar-refractivity contribution is 5.95. The van der Waals surface area contributed by atoms with E-state index in [4.69, 9.17) is 0 Å². The molecule has 3 nitrogen and oxygen atoms in total. The lowest BCUT2D eigenvalue weighted by Gasteiger charge is -2.26. The first-order valence-electron chi connectivity index (χ1n) is 7.77. The summed E-state index contributed by atoms with van der Waals surface area (Å²) in [6.07, 6.45) is 4.77. The maximum atomic E-state index is 12.8. The zero-order valence-corrected chi connectivity index (χ0v) is 12.5. The van der Waals surface area contributed by atoms with Gasteiger partial charge < -0.3 is 10.2 Å². The first kappa shape index (κ1) is 13.6. The van der Waals surface area contributed by atoms with Crippen LogP contribution >= 0.6 is 0 Å². The molecular formula is C17H24N2O. The Morgan fingerprint density at radius 2 is 2.05 bits per heavy atom. The van der Waals surface area contributed by atoms with Gasteiger partial charge >= 0.3 is 0 Å². The fourth-order valence-corrected chi connectivity index (χ4v) is 2.97. The van der Waals surface area contributed by atoms with Crippen molar-refractivity contribution >= 4 is 5.91 Å². The number of nitrogens with zero attached hydrogens (tertiary/aromatic N) is 1. The topological polar surface area (TPSA) is 32.3 Å². The molecule has 0 spiro atoms. The van der Waals surface area contributed by atoms with E-state index in [9.17, 15) is 4.79 Å². The van der Waals surface area contributed by atoms with Crippen molar-refractivity contribution in [3.8, 4) is 0 Å². The minimum Gasteiger partial charge on any atom is -0.334 e. The van der Waals surface area contributed by atoms with Crippen molar-refractivity contribution in [2.45, 2.75) is 51.6 Å². The van der Waals surface area contributed by atoms with Gasteiger partial charge in [-0.2, -0.15) is 0 Å². The van der Waals surface area contributed by atoms with Crippen LogP contribution in [0.4, 0.5) is 0 Å². The van der Waals surface area contributed by atoms with Gasteiger partial charge in [0.05, 0.1) is 0 Å². The molecular weight excluding hydrogens is 248 g/mol. The van der Waals surface area contributed by atoms with Gasteiger partial charge in [0.25, 0.3) is 5.91 Å². The van der Waals surface area contributed by atoms with Gasteiger partial charge in [-0.3, -0.25) is 4.79 Å². The van der Waals surface area contributed by atoms with Crippen LogP contribution in [-0.4, -0.2) is 36.0 Å². The van der Waals surface area contributed by atoms with Crippen LogP contribution < -0.4 is 5.32 Å². The van der Waals surface area contributed by atoms with Crippen LogP contribution in [0.3, 0.4) is 0 Å². The summed E-state index contributed by atoms with van der Waals surface area (Å²) in [5.74, 6) is 0.212. The lowest BCUT2D eigenvalue weighted by molar-refractivity contribution is 0.0728. The molecule has 1 aliphatic carbocycles. The van der Waals surface area contributed by atoms with Crippen molar-refractivity contribution in [3.63, 3.8) is 0 Å². The zero-order valence-electron chi connectivity index (χ0n) is 12.5. The monoisotopic (exact) mass is 272 g/mol. The average Bonchev–Trinajstić information content (AvgIpc) is 3.15. The highest BCUT2D eigenvalue weighted by Crippen LogP contribution is 2.29. The van der Waals surface area contributed by atoms with Crippen molar-refractivity contribution < 1.29 is 4.79 Å². The maximum absolute atomic E-state index is 12.8. The standard InChI is InChI=1S/C17H24N2O/c1-12-5-6-14(10-13(12)2)17(20)19(16-7-8-16)11-15-4-3-9-18-15/h5-6,10,15-16,18H,3-4,7-9,11H2,1-2H3. The van der Waals surface area contributed by atoms with Gasteiger partial charge in [0, 0.05) is 24.2 Å². The molecule has 1 heterocycles. The highest BCUT2D eigenvalue weighted by atomic mass is 16.2. The number of benzene rings is 1. The largest absolute Gasteiger partial charge is 0.334 e. The number of nitrogens with one attached hydrogen (secondary N) is 1. The quantitative estimate of drug-likeness (QED) is 0.914. The fourth-order valence-electron chi connectivity index (χ4n) is 2.97. The molecule has 1 unspecified atom stereocenters. The number of hydrogen-bond acceptors (Lipinski definition) is 2. The second kappa shape index (κ2) is 5.57. The molecule has 1 saturated carbocycles. The number of rotatable bonds is 4. The SMILES string of the molecule is Cc1ccc(C(=O)N(CC2CCCN2)C2CC2)cc1C. The number of carbonyl (C=O) groups is 1. The van der Waals surface area contributed by atoms with E-state index in [0.717, 1.165) is 18.7 Å². The number of hydrogen-bond donors (Lipinski definition) is 1. The van der Waals surface area contributed by atoms with E-state index in [-0.39, 0.29) is 5.91 Å². The third kappa shape index (κ3) is 2.88. The summed E-state index contributed by atoms with van der Waals surface area (Å²) in [6, 6.07) is 7.04. The molecule has 108 valence electrons. The minimum atomic E-state index is 0.212. The van der Waals surface area contributed by atoms with Gasteiger partial charge in [-0.15, -0.1) is 0 Å². The molecule has 1 atom stereocenters. The Morgan fingerprint density at radius 1 is 1.25 bits per heavy atom. The molecule has 0 bridgehead atoms. The predicted octanol–water partition coefficient (Wildman–Crippen LogP) is 2.66. The van der Waals surface area contributed by atoms with E-state index >= 15 is 0 Å². The van der Waals surface area contributed by atoms with Crippen molar-refractivity contribution in [3.05, 3.63) is 34.9 Å². The van der Waals surface area contributed by atoms with Gasteiger partial charge in [-0.05, 0) is 69.3 Å². The van der Waals surface area contributed by atoms with E-state index in [0.29, 0.717) is 12.1 Å². The Bertz CT molecular complexity index is 502. The van der Waals surface area contributed by atoms with Gasteiger partial charge in [0.1, 0.15) is 0 Å². The summed E-state index contributed by atoms with van der Waals surface area (Å²) in [4.78, 5) is 14.9. The fraction of sp³-hybridized carbons (Fsp3) is 0.588. The molecule has 3 rings (SSSR count). The summed E-state index contributed by atoms with van der Waals surface area (Å²) >= 11 is 0. The molecule has 1 saturated heterocycles. The third-order valence-electron chi connectivity index (χ3n) is 4.58. The van der Waals surface area contributed by atoms with E-state index in [1.807, 2.05) is 12.1 Å². The second-order valence-electron chi connectivity index (χ2n) is 6.28. The van der Waals surface area contributed by atoms with Gasteiger partial charge in [0.2, 0.25) is 0 Å². The summed E-state index contributed by atoms with van der Waals surface area (Å²) in [5, 5.41) is 3.50. The molecule has 1 aromatic carbocycles. The molecule has 1 aliphatic heterocycles. The van der Waals surface area contributed by atoms with Crippen LogP contribution in [0.25, 0.3) is 0 Å². The molecule has 0 radical (unpaired) electrons. The smallest absolute Gasteiger partial charge is 0.254 e. The molecule has 0 aromatic heterocycles. The number of amides is 1. The van der Waals surface area contributed by atoms with Gasteiger partial charge in [-0.1, -0.05) is 6.07 Å². The highest BCUT2D eigenvalue weighted by Gasteiger charge is 2.34. The Kier molecular flexibility index (Phi) is 3.79. The first-order chi connectivity index (χ1) is 9.65. The number of aryl methyl sites for hydroxylation is 2. The Balaban J connectivity index is 1.75. The van der Waals surface area contributed by atoms with Crippen LogP contribution in [0.15, 0.2) is 18.2 Å². The lowest BCUT2D eigenvalue weighted by atomic mass is 10.1. The van der Waals surface area contributed by atoms with E-state index in [2.05, 4.69) is 30.1 Å². The molecule has 1 amide bonds. The minimum absolute atomic E-state index is 0.212. The van der Waals surface area contributed by atoms with Gasteiger partial charge in [-0.25, -0.2) is 0 Å². The summed E-state index contributed by atoms with van der Waals surface area (Å²) < 4.78 is 0. The normalized spacial score (nSPS) is 22.0. The van der Waals surface area contributed by atoms with E-state index in [1.165, 1.54) is 36.8 Å². The van der Waals surface area contributed by atoms with Crippen molar-refractivity contribution in [2.75, 3.05) is 13.1 Å². The zero-order chi connectivity index (χ0) is 14.1. The maximum Gasteiger partial charge on any atom is 0.254 e. The Morgan fingerprint density at radius 3 is 2.65 bits per heavy atom. The van der Waals surface area contributed by atoms with Crippen LogP contribution in [0.5, 0.6) is 0 Å². The van der Waals surface area contributed by atoms with Crippen molar-refractivity contribution in [1.82, 2.24) is 10.2 Å². The average molecular weight is 272 g/mol. The van der Waals surface area contributed by atoms with Crippen molar-refractivity contribution in [1.29, 1.82) is 0 Å². The van der Waals surface area contributed by atoms with Gasteiger partial charge in [0.15, 0.2) is 0 Å². The summed E-state index contributed by atoms with van der Waals surface area (Å²) in [7, 11) is 0. The van der Waals surface area contributed by atoms with Crippen molar-refractivity contribution in [2.24, 2.45) is 0 Å². The van der Waals surface area contributed by atoms with Crippen LogP contribution in [0, 0.1) is 13.8 Å². The molecule has 2 aliphatic rings.